The summed E-state index contributed by atoms with van der Waals surface area (Å²) in [5.41, 5.74) is 3.37. The minimum Gasteiger partial charge on any atom is -0.465 e. The number of ether oxygens (including phenoxy) is 1. The number of aromatic nitrogens is 1. The predicted octanol–water partition coefficient (Wildman–Crippen LogP) is 3.70. The first kappa shape index (κ1) is 15.1. The molecule has 5 nitrogen and oxygen atoms in total. The monoisotopic (exact) mass is 311 g/mol. The van der Waals surface area contributed by atoms with Crippen molar-refractivity contribution in [1.29, 1.82) is 0 Å². The maximum absolute atomic E-state index is 12.9. The number of rotatable bonds is 3. The molecule has 0 saturated heterocycles. The number of hydrogen-bond acceptors (Lipinski definition) is 4. The van der Waals surface area contributed by atoms with Crippen molar-refractivity contribution in [3.05, 3.63) is 58.1 Å². The molecule has 2 heterocycles. The summed E-state index contributed by atoms with van der Waals surface area (Å²) in [4.78, 5) is 27.7. The van der Waals surface area contributed by atoms with Gasteiger partial charge in [-0.25, -0.2) is 4.79 Å². The minimum absolute atomic E-state index is 0.269. The zero-order valence-corrected chi connectivity index (χ0v) is 13.4. The van der Waals surface area contributed by atoms with Crippen LogP contribution in [0.5, 0.6) is 0 Å². The van der Waals surface area contributed by atoms with Crippen molar-refractivity contribution >= 4 is 22.7 Å². The van der Waals surface area contributed by atoms with E-state index in [-0.39, 0.29) is 11.5 Å². The Bertz CT molecular complexity index is 930. The zero-order chi connectivity index (χ0) is 16.7. The second-order valence-electron chi connectivity index (χ2n) is 5.50. The Hall–Kier alpha value is -2.82. The summed E-state index contributed by atoms with van der Waals surface area (Å²) in [6, 6.07) is 7.50. The first-order valence-electron chi connectivity index (χ1n) is 7.26. The highest BCUT2D eigenvalue weighted by Crippen LogP contribution is 2.28. The molecule has 0 aliphatic carbocycles. The summed E-state index contributed by atoms with van der Waals surface area (Å²) in [5.74, 6) is -0.446. The van der Waals surface area contributed by atoms with Crippen LogP contribution in [0.25, 0.3) is 11.0 Å². The van der Waals surface area contributed by atoms with Gasteiger partial charge in [-0.1, -0.05) is 18.2 Å². The summed E-state index contributed by atoms with van der Waals surface area (Å²) >= 11 is 0. The number of esters is 1. The molecule has 0 unspecified atom stereocenters. The van der Waals surface area contributed by atoms with Crippen LogP contribution in [-0.4, -0.2) is 23.8 Å². The summed E-state index contributed by atoms with van der Waals surface area (Å²) in [7, 11) is 1.32. The highest BCUT2D eigenvalue weighted by atomic mass is 16.5. The Morgan fingerprint density at radius 2 is 1.78 bits per heavy atom. The fourth-order valence-electron chi connectivity index (χ4n) is 2.89. The number of aromatic amines is 1. The van der Waals surface area contributed by atoms with Crippen molar-refractivity contribution < 1.29 is 18.7 Å². The number of ketones is 1. The number of para-hydroxylation sites is 1. The SMILES string of the molecule is COC(=O)c1c(C)[nH]c(C(=O)c2oc3ccccc3c2C)c1C. The molecule has 0 fully saturated rings. The Balaban J connectivity index is 2.13. The van der Waals surface area contributed by atoms with Crippen molar-refractivity contribution in [3.63, 3.8) is 0 Å². The van der Waals surface area contributed by atoms with Gasteiger partial charge in [-0.05, 0) is 32.4 Å². The normalized spacial score (nSPS) is 11.0. The number of furan rings is 1. The Labute approximate surface area is 133 Å². The summed E-state index contributed by atoms with van der Waals surface area (Å²) in [6.45, 7) is 5.31. The van der Waals surface area contributed by atoms with Gasteiger partial charge >= 0.3 is 5.97 Å². The third kappa shape index (κ3) is 2.25. The van der Waals surface area contributed by atoms with Crippen LogP contribution in [-0.2, 0) is 4.74 Å². The van der Waals surface area contributed by atoms with Gasteiger partial charge in [0.15, 0.2) is 5.76 Å². The molecule has 5 heteroatoms. The number of carbonyl (C=O) groups is 2. The van der Waals surface area contributed by atoms with Crippen LogP contribution in [0, 0.1) is 20.8 Å². The first-order chi connectivity index (χ1) is 11.0. The molecule has 1 N–H and O–H groups in total. The van der Waals surface area contributed by atoms with Crippen molar-refractivity contribution in [2.24, 2.45) is 0 Å². The van der Waals surface area contributed by atoms with Crippen molar-refractivity contribution in [2.45, 2.75) is 20.8 Å². The Morgan fingerprint density at radius 3 is 2.43 bits per heavy atom. The smallest absolute Gasteiger partial charge is 0.339 e. The maximum atomic E-state index is 12.9. The molecular weight excluding hydrogens is 294 g/mol. The lowest BCUT2D eigenvalue weighted by molar-refractivity contribution is 0.0599. The standard InChI is InChI=1S/C18H17NO4/c1-9-12-7-5-6-8-13(12)23-17(9)16(20)15-10(2)14(11(3)19-15)18(21)22-4/h5-8,19H,1-4H3. The second-order valence-corrected chi connectivity index (χ2v) is 5.50. The van der Waals surface area contributed by atoms with E-state index in [2.05, 4.69) is 4.98 Å². The highest BCUT2D eigenvalue weighted by molar-refractivity contribution is 6.11. The van der Waals surface area contributed by atoms with Gasteiger partial charge in [0.1, 0.15) is 5.58 Å². The van der Waals surface area contributed by atoms with E-state index >= 15 is 0 Å². The molecule has 0 aliphatic heterocycles. The van der Waals surface area contributed by atoms with Gasteiger partial charge in [-0.2, -0.15) is 0 Å². The summed E-state index contributed by atoms with van der Waals surface area (Å²) in [6.07, 6.45) is 0. The number of H-pyrrole nitrogens is 1. The van der Waals surface area contributed by atoms with Crippen LogP contribution >= 0.6 is 0 Å². The highest BCUT2D eigenvalue weighted by Gasteiger charge is 2.26. The largest absolute Gasteiger partial charge is 0.465 e. The fourth-order valence-corrected chi connectivity index (χ4v) is 2.89. The Morgan fingerprint density at radius 1 is 1.09 bits per heavy atom. The fraction of sp³-hybridized carbons (Fsp3) is 0.222. The van der Waals surface area contributed by atoms with Gasteiger partial charge in [-0.15, -0.1) is 0 Å². The molecule has 2 aromatic heterocycles. The van der Waals surface area contributed by atoms with Gasteiger partial charge in [-0.3, -0.25) is 4.79 Å². The van der Waals surface area contributed by atoms with Crippen LogP contribution < -0.4 is 0 Å². The van der Waals surface area contributed by atoms with Crippen molar-refractivity contribution in [3.8, 4) is 0 Å². The molecular formula is C18H17NO4. The third-order valence-corrected chi connectivity index (χ3v) is 4.10. The third-order valence-electron chi connectivity index (χ3n) is 4.10. The lowest BCUT2D eigenvalue weighted by atomic mass is 10.0. The van der Waals surface area contributed by atoms with Crippen molar-refractivity contribution in [2.75, 3.05) is 7.11 Å². The number of aryl methyl sites for hydroxylation is 2. The molecule has 0 bridgehead atoms. The van der Waals surface area contributed by atoms with Crippen molar-refractivity contribution in [1.82, 2.24) is 4.98 Å². The maximum Gasteiger partial charge on any atom is 0.339 e. The molecule has 3 rings (SSSR count). The van der Waals surface area contributed by atoms with Crippen LogP contribution in [0.3, 0.4) is 0 Å². The molecule has 3 aromatic rings. The molecule has 0 atom stereocenters. The second kappa shape index (κ2) is 5.43. The van der Waals surface area contributed by atoms with Crippen LogP contribution in [0.15, 0.2) is 28.7 Å². The lowest BCUT2D eigenvalue weighted by Gasteiger charge is -2.00. The first-order valence-corrected chi connectivity index (χ1v) is 7.26. The van der Waals surface area contributed by atoms with Gasteiger partial charge in [0.05, 0.1) is 18.4 Å². The van der Waals surface area contributed by atoms with E-state index in [1.807, 2.05) is 31.2 Å². The summed E-state index contributed by atoms with van der Waals surface area (Å²) < 4.78 is 10.5. The average Bonchev–Trinajstić information content (AvgIpc) is 3.04. The minimum atomic E-state index is -0.461. The number of hydrogen-bond donors (Lipinski definition) is 1. The van der Waals surface area contributed by atoms with E-state index in [4.69, 9.17) is 9.15 Å². The van der Waals surface area contributed by atoms with E-state index in [0.29, 0.717) is 28.1 Å². The van der Waals surface area contributed by atoms with E-state index < -0.39 is 5.97 Å². The zero-order valence-electron chi connectivity index (χ0n) is 13.4. The van der Waals surface area contributed by atoms with Crippen LogP contribution in [0.4, 0.5) is 0 Å². The van der Waals surface area contributed by atoms with Gasteiger partial charge in [0.25, 0.3) is 0 Å². The summed E-state index contributed by atoms with van der Waals surface area (Å²) in [5, 5.41) is 0.907. The van der Waals surface area contributed by atoms with E-state index in [0.717, 1.165) is 10.9 Å². The van der Waals surface area contributed by atoms with Crippen LogP contribution in [0.2, 0.25) is 0 Å². The Kier molecular flexibility index (Phi) is 3.56. The lowest BCUT2D eigenvalue weighted by Crippen LogP contribution is -2.06. The quantitative estimate of drug-likeness (QED) is 0.591. The average molecular weight is 311 g/mol. The number of carbonyl (C=O) groups excluding carboxylic acids is 2. The molecule has 0 saturated carbocycles. The van der Waals surface area contributed by atoms with Gasteiger partial charge in [0.2, 0.25) is 5.78 Å². The van der Waals surface area contributed by atoms with Gasteiger partial charge in [0, 0.05) is 16.6 Å². The molecule has 1 aromatic carbocycles. The number of fused-ring (bicyclic) bond motifs is 1. The van der Waals surface area contributed by atoms with E-state index in [9.17, 15) is 9.59 Å². The van der Waals surface area contributed by atoms with E-state index in [1.54, 1.807) is 13.8 Å². The molecule has 23 heavy (non-hydrogen) atoms. The molecule has 118 valence electrons. The predicted molar refractivity (Wildman–Crippen MR) is 86.0 cm³/mol. The topological polar surface area (TPSA) is 72.3 Å². The van der Waals surface area contributed by atoms with Gasteiger partial charge < -0.3 is 14.1 Å². The van der Waals surface area contributed by atoms with Crippen LogP contribution in [0.1, 0.15) is 43.4 Å². The molecule has 0 spiro atoms. The number of methoxy groups -OCH3 is 1. The van der Waals surface area contributed by atoms with E-state index in [1.165, 1.54) is 7.11 Å². The molecule has 0 aliphatic rings. The molecule has 0 amide bonds. The number of benzene rings is 1. The molecule has 0 radical (unpaired) electrons. The number of nitrogens with one attached hydrogen (secondary N) is 1.